The van der Waals surface area contributed by atoms with E-state index in [1.165, 1.54) is 0 Å². The number of rotatable bonds is 6. The quantitative estimate of drug-likeness (QED) is 0.855. The molecule has 1 aliphatic heterocycles. The van der Waals surface area contributed by atoms with Crippen molar-refractivity contribution in [3.8, 4) is 11.5 Å². The van der Waals surface area contributed by atoms with Crippen LogP contribution in [0.1, 0.15) is 18.1 Å². The lowest BCUT2D eigenvalue weighted by atomic mass is 10.1. The van der Waals surface area contributed by atoms with Gasteiger partial charge in [-0.1, -0.05) is 6.07 Å². The number of likely N-dealkylation sites (N-methyl/N-ethyl adjacent to an activating group) is 1. The smallest absolute Gasteiger partial charge is 0.161 e. The number of hydrogen-bond acceptors (Lipinski definition) is 5. The highest BCUT2D eigenvalue weighted by Crippen LogP contribution is 2.32. The zero-order valence-electron chi connectivity index (χ0n) is 12.2. The van der Waals surface area contributed by atoms with Crippen molar-refractivity contribution in [3.63, 3.8) is 0 Å². The molecule has 2 rings (SSSR count). The molecule has 1 unspecified atom stereocenters. The molecule has 0 spiro atoms. The molecular weight excluding hydrogens is 258 g/mol. The van der Waals surface area contributed by atoms with Crippen molar-refractivity contribution in [3.05, 3.63) is 23.8 Å². The molecule has 0 saturated carbocycles. The van der Waals surface area contributed by atoms with Crippen LogP contribution in [0.3, 0.4) is 0 Å². The Hall–Kier alpha value is -1.30. The highest BCUT2D eigenvalue weighted by atomic mass is 16.5. The van der Waals surface area contributed by atoms with E-state index in [-0.39, 0.29) is 0 Å². The molecule has 0 fully saturated rings. The summed E-state index contributed by atoms with van der Waals surface area (Å²) < 4.78 is 16.3. The lowest BCUT2D eigenvalue weighted by Gasteiger charge is -2.21. The van der Waals surface area contributed by atoms with E-state index in [0.717, 1.165) is 30.0 Å². The molecule has 1 aromatic rings. The standard InChI is InChI=1S/C15H23NO4/c1-16(6-9-18-2)11-13(17)12-4-5-14-15(10-12)20-8-3-7-19-14/h4-5,10,13,17H,3,6-9,11H2,1-2H3. The van der Waals surface area contributed by atoms with E-state index in [1.807, 2.05) is 30.1 Å². The fraction of sp³-hybridized carbons (Fsp3) is 0.600. The molecular formula is C15H23NO4. The Kier molecular flexibility index (Phi) is 5.64. The Morgan fingerprint density at radius 3 is 2.80 bits per heavy atom. The van der Waals surface area contributed by atoms with E-state index in [4.69, 9.17) is 14.2 Å². The van der Waals surface area contributed by atoms with Gasteiger partial charge in [-0.25, -0.2) is 0 Å². The lowest BCUT2D eigenvalue weighted by Crippen LogP contribution is -2.27. The summed E-state index contributed by atoms with van der Waals surface area (Å²) in [5.41, 5.74) is 0.846. The van der Waals surface area contributed by atoms with Crippen LogP contribution in [0.25, 0.3) is 0 Å². The topological polar surface area (TPSA) is 51.2 Å². The summed E-state index contributed by atoms with van der Waals surface area (Å²) in [5.74, 6) is 1.48. The van der Waals surface area contributed by atoms with Gasteiger partial charge >= 0.3 is 0 Å². The highest BCUT2D eigenvalue weighted by molar-refractivity contribution is 5.44. The van der Waals surface area contributed by atoms with Gasteiger partial charge < -0.3 is 24.2 Å². The van der Waals surface area contributed by atoms with E-state index >= 15 is 0 Å². The molecule has 0 radical (unpaired) electrons. The molecule has 1 aromatic carbocycles. The minimum Gasteiger partial charge on any atom is -0.490 e. The second-order valence-electron chi connectivity index (χ2n) is 5.03. The van der Waals surface area contributed by atoms with Crippen molar-refractivity contribution in [2.24, 2.45) is 0 Å². The van der Waals surface area contributed by atoms with Crippen LogP contribution >= 0.6 is 0 Å². The van der Waals surface area contributed by atoms with Gasteiger partial charge in [0.15, 0.2) is 11.5 Å². The summed E-state index contributed by atoms with van der Waals surface area (Å²) in [4.78, 5) is 2.04. The van der Waals surface area contributed by atoms with Crippen LogP contribution in [-0.4, -0.2) is 57.1 Å². The number of aliphatic hydroxyl groups excluding tert-OH is 1. The number of benzene rings is 1. The van der Waals surface area contributed by atoms with Gasteiger partial charge in [-0.2, -0.15) is 0 Å². The minimum atomic E-state index is -0.547. The summed E-state index contributed by atoms with van der Waals surface area (Å²) in [6.07, 6.45) is 0.334. The predicted molar refractivity (Wildman–Crippen MR) is 76.4 cm³/mol. The summed E-state index contributed by atoms with van der Waals surface area (Å²) in [6, 6.07) is 5.63. The molecule has 5 nitrogen and oxygen atoms in total. The molecule has 1 atom stereocenters. The first-order valence-electron chi connectivity index (χ1n) is 6.96. The largest absolute Gasteiger partial charge is 0.490 e. The van der Waals surface area contributed by atoms with Crippen molar-refractivity contribution in [2.75, 3.05) is 47.1 Å². The Morgan fingerprint density at radius 1 is 1.30 bits per heavy atom. The zero-order chi connectivity index (χ0) is 14.4. The number of methoxy groups -OCH3 is 1. The van der Waals surface area contributed by atoms with Gasteiger partial charge in [-0.05, 0) is 24.7 Å². The van der Waals surface area contributed by atoms with Gasteiger partial charge in [0.25, 0.3) is 0 Å². The van der Waals surface area contributed by atoms with E-state index in [1.54, 1.807) is 7.11 Å². The fourth-order valence-electron chi connectivity index (χ4n) is 2.13. The van der Waals surface area contributed by atoms with Gasteiger partial charge in [-0.15, -0.1) is 0 Å². The molecule has 1 aliphatic rings. The van der Waals surface area contributed by atoms with Gasteiger partial charge in [0.05, 0.1) is 25.9 Å². The third-order valence-electron chi connectivity index (χ3n) is 3.32. The van der Waals surface area contributed by atoms with E-state index in [9.17, 15) is 5.11 Å². The Bertz CT molecular complexity index is 424. The maximum Gasteiger partial charge on any atom is 0.161 e. The number of ether oxygens (including phenoxy) is 3. The third-order valence-corrected chi connectivity index (χ3v) is 3.32. The molecule has 1 N–H and O–H groups in total. The SMILES string of the molecule is COCCN(C)CC(O)c1ccc2c(c1)OCCCO2. The van der Waals surface area contributed by atoms with Gasteiger partial charge in [0.2, 0.25) is 0 Å². The number of hydrogen-bond donors (Lipinski definition) is 1. The predicted octanol–water partition coefficient (Wildman–Crippen LogP) is 1.46. The highest BCUT2D eigenvalue weighted by Gasteiger charge is 2.15. The molecule has 20 heavy (non-hydrogen) atoms. The average molecular weight is 281 g/mol. The van der Waals surface area contributed by atoms with Gasteiger partial charge in [0.1, 0.15) is 0 Å². The van der Waals surface area contributed by atoms with E-state index in [2.05, 4.69) is 0 Å². The van der Waals surface area contributed by atoms with Crippen LogP contribution in [0, 0.1) is 0 Å². The van der Waals surface area contributed by atoms with Gasteiger partial charge in [0, 0.05) is 26.6 Å². The second kappa shape index (κ2) is 7.47. The van der Waals surface area contributed by atoms with Crippen LogP contribution in [0.4, 0.5) is 0 Å². The zero-order valence-corrected chi connectivity index (χ0v) is 12.2. The second-order valence-corrected chi connectivity index (χ2v) is 5.03. The number of aliphatic hydroxyl groups is 1. The summed E-state index contributed by atoms with van der Waals surface area (Å²) in [6.45, 7) is 3.33. The Labute approximate surface area is 120 Å². The Morgan fingerprint density at radius 2 is 2.05 bits per heavy atom. The minimum absolute atomic E-state index is 0.547. The molecule has 112 valence electrons. The first-order valence-corrected chi connectivity index (χ1v) is 6.96. The summed E-state index contributed by atoms with van der Waals surface area (Å²) >= 11 is 0. The summed E-state index contributed by atoms with van der Waals surface area (Å²) in [5, 5.41) is 10.3. The molecule has 0 aliphatic carbocycles. The van der Waals surface area contributed by atoms with Crippen LogP contribution in [0.2, 0.25) is 0 Å². The normalized spacial score (nSPS) is 16.0. The monoisotopic (exact) mass is 281 g/mol. The molecule has 1 heterocycles. The third kappa shape index (κ3) is 4.10. The molecule has 5 heteroatoms. The van der Waals surface area contributed by atoms with Crippen molar-refractivity contribution in [2.45, 2.75) is 12.5 Å². The van der Waals surface area contributed by atoms with Crippen LogP contribution in [0.15, 0.2) is 18.2 Å². The maximum atomic E-state index is 10.3. The fourth-order valence-corrected chi connectivity index (χ4v) is 2.13. The van der Waals surface area contributed by atoms with Crippen LogP contribution in [0.5, 0.6) is 11.5 Å². The molecule has 0 bridgehead atoms. The Balaban J connectivity index is 1.99. The van der Waals surface area contributed by atoms with Crippen molar-refractivity contribution >= 4 is 0 Å². The van der Waals surface area contributed by atoms with Crippen LogP contribution in [-0.2, 0) is 4.74 Å². The molecule has 0 saturated heterocycles. The first-order chi connectivity index (χ1) is 9.70. The van der Waals surface area contributed by atoms with Crippen LogP contribution < -0.4 is 9.47 Å². The maximum absolute atomic E-state index is 10.3. The number of fused-ring (bicyclic) bond motifs is 1. The molecule has 0 aromatic heterocycles. The lowest BCUT2D eigenvalue weighted by molar-refractivity contribution is 0.103. The molecule has 0 amide bonds. The van der Waals surface area contributed by atoms with Crippen molar-refractivity contribution in [1.29, 1.82) is 0 Å². The summed E-state index contributed by atoms with van der Waals surface area (Å²) in [7, 11) is 3.64. The first kappa shape index (κ1) is 15.1. The number of nitrogens with zero attached hydrogens (tertiary/aromatic N) is 1. The average Bonchev–Trinajstić information content (AvgIpc) is 2.69. The van der Waals surface area contributed by atoms with E-state index in [0.29, 0.717) is 26.4 Å². The van der Waals surface area contributed by atoms with Gasteiger partial charge in [-0.3, -0.25) is 0 Å². The van der Waals surface area contributed by atoms with Crippen molar-refractivity contribution < 1.29 is 19.3 Å². The van der Waals surface area contributed by atoms with Crippen molar-refractivity contribution in [1.82, 2.24) is 4.90 Å². The van der Waals surface area contributed by atoms with E-state index < -0.39 is 6.10 Å².